The van der Waals surface area contributed by atoms with Crippen molar-refractivity contribution < 1.29 is 4.79 Å². The van der Waals surface area contributed by atoms with Crippen molar-refractivity contribution in [1.82, 2.24) is 20.5 Å². The Morgan fingerprint density at radius 3 is 2.62 bits per heavy atom. The maximum absolute atomic E-state index is 12.1. The van der Waals surface area contributed by atoms with Gasteiger partial charge in [-0.05, 0) is 32.2 Å². The Hall–Kier alpha value is -2.63. The number of aliphatic imine (C=N–C) groups is 1. The van der Waals surface area contributed by atoms with Crippen LogP contribution in [0.1, 0.15) is 32.9 Å². The molecule has 0 fully saturated rings. The number of rotatable bonds is 8. The summed E-state index contributed by atoms with van der Waals surface area (Å²) in [6.07, 6.45) is 2.27. The number of fused-ring (bicyclic) bond motifs is 1. The van der Waals surface area contributed by atoms with Crippen LogP contribution in [0.25, 0.3) is 10.8 Å². The van der Waals surface area contributed by atoms with E-state index in [1.807, 2.05) is 50.1 Å². The Balaban J connectivity index is 1.99. The number of amides is 1. The van der Waals surface area contributed by atoms with Crippen molar-refractivity contribution >= 4 is 22.6 Å². The fraction of sp³-hybridized carbons (Fsp3) is 0.450. The summed E-state index contributed by atoms with van der Waals surface area (Å²) >= 11 is 0. The number of pyridine rings is 1. The first-order valence-electron chi connectivity index (χ1n) is 9.32. The minimum absolute atomic E-state index is 0.161. The Kier molecular flexibility index (Phi) is 7.86. The van der Waals surface area contributed by atoms with Crippen molar-refractivity contribution in [2.24, 2.45) is 4.99 Å². The van der Waals surface area contributed by atoms with Gasteiger partial charge in [0.1, 0.15) is 0 Å². The number of hydrogen-bond donors (Lipinski definition) is 2. The van der Waals surface area contributed by atoms with Crippen molar-refractivity contribution in [3.8, 4) is 0 Å². The molecule has 0 aliphatic heterocycles. The van der Waals surface area contributed by atoms with Crippen LogP contribution in [0.2, 0.25) is 0 Å². The summed E-state index contributed by atoms with van der Waals surface area (Å²) in [6.45, 7) is 9.32. The van der Waals surface area contributed by atoms with Gasteiger partial charge in [0.15, 0.2) is 5.96 Å². The standard InChI is InChI=1S/C20H29N5O/c1-4-21-20(23-14-12-19(26)25(5-2)6-3)24-15-18-17-10-8-7-9-16(17)11-13-22-18/h7-11,13H,4-6,12,14-15H2,1-3H3,(H2,21,23,24). The number of aromatic nitrogens is 1. The first-order chi connectivity index (χ1) is 12.7. The Labute approximate surface area is 155 Å². The zero-order valence-corrected chi connectivity index (χ0v) is 16.0. The molecule has 0 aliphatic carbocycles. The fourth-order valence-corrected chi connectivity index (χ4v) is 2.83. The topological polar surface area (TPSA) is 69.6 Å². The number of benzene rings is 1. The largest absolute Gasteiger partial charge is 0.357 e. The molecule has 0 spiro atoms. The summed E-state index contributed by atoms with van der Waals surface area (Å²) in [4.78, 5) is 23.0. The summed E-state index contributed by atoms with van der Waals surface area (Å²) in [5.74, 6) is 0.864. The van der Waals surface area contributed by atoms with Crippen LogP contribution < -0.4 is 10.6 Å². The molecule has 1 amide bonds. The van der Waals surface area contributed by atoms with Gasteiger partial charge in [0.2, 0.25) is 5.91 Å². The van der Waals surface area contributed by atoms with Gasteiger partial charge in [0.05, 0.1) is 12.2 Å². The molecule has 2 aromatic rings. The van der Waals surface area contributed by atoms with E-state index in [4.69, 9.17) is 0 Å². The predicted octanol–water partition coefficient (Wildman–Crippen LogP) is 2.55. The minimum atomic E-state index is 0.161. The highest BCUT2D eigenvalue weighted by atomic mass is 16.2. The predicted molar refractivity (Wildman–Crippen MR) is 107 cm³/mol. The highest BCUT2D eigenvalue weighted by Gasteiger charge is 2.09. The lowest BCUT2D eigenvalue weighted by Gasteiger charge is -2.19. The molecule has 2 N–H and O–H groups in total. The van der Waals surface area contributed by atoms with Crippen molar-refractivity contribution in [2.45, 2.75) is 33.7 Å². The second kappa shape index (κ2) is 10.4. The third-order valence-corrected chi connectivity index (χ3v) is 4.23. The van der Waals surface area contributed by atoms with Crippen molar-refractivity contribution in [3.05, 3.63) is 42.2 Å². The van der Waals surface area contributed by atoms with E-state index in [-0.39, 0.29) is 5.91 Å². The van der Waals surface area contributed by atoms with Gasteiger partial charge in [-0.2, -0.15) is 0 Å². The SMILES string of the molecule is CCNC(=NCc1nccc2ccccc12)NCCC(=O)N(CC)CC. The van der Waals surface area contributed by atoms with Crippen molar-refractivity contribution in [3.63, 3.8) is 0 Å². The van der Waals surface area contributed by atoms with E-state index in [1.165, 1.54) is 0 Å². The van der Waals surface area contributed by atoms with E-state index >= 15 is 0 Å². The number of hydrogen-bond acceptors (Lipinski definition) is 3. The lowest BCUT2D eigenvalue weighted by Crippen LogP contribution is -2.40. The van der Waals surface area contributed by atoms with Crippen molar-refractivity contribution in [2.75, 3.05) is 26.2 Å². The van der Waals surface area contributed by atoms with Crippen LogP contribution in [-0.2, 0) is 11.3 Å². The van der Waals surface area contributed by atoms with Crippen LogP contribution in [-0.4, -0.2) is 47.9 Å². The summed E-state index contributed by atoms with van der Waals surface area (Å²) in [6, 6.07) is 10.2. The minimum Gasteiger partial charge on any atom is -0.357 e. The molecule has 0 unspecified atom stereocenters. The summed E-state index contributed by atoms with van der Waals surface area (Å²) in [5, 5.41) is 8.73. The molecule has 0 saturated carbocycles. The number of nitrogens with zero attached hydrogens (tertiary/aromatic N) is 3. The molecule has 140 valence electrons. The number of guanidine groups is 1. The summed E-state index contributed by atoms with van der Waals surface area (Å²) in [5.41, 5.74) is 0.944. The molecule has 1 aromatic heterocycles. The molecule has 0 atom stereocenters. The molecule has 1 aromatic carbocycles. The molecule has 26 heavy (non-hydrogen) atoms. The lowest BCUT2D eigenvalue weighted by molar-refractivity contribution is -0.130. The maximum Gasteiger partial charge on any atom is 0.224 e. The first-order valence-corrected chi connectivity index (χ1v) is 9.32. The molecule has 1 heterocycles. The van der Waals surface area contributed by atoms with Gasteiger partial charge in [-0.3, -0.25) is 9.78 Å². The second-order valence-electron chi connectivity index (χ2n) is 5.92. The van der Waals surface area contributed by atoms with Gasteiger partial charge in [-0.15, -0.1) is 0 Å². The molecular weight excluding hydrogens is 326 g/mol. The van der Waals surface area contributed by atoms with Gasteiger partial charge < -0.3 is 15.5 Å². The van der Waals surface area contributed by atoms with Crippen LogP contribution in [0.4, 0.5) is 0 Å². The van der Waals surface area contributed by atoms with E-state index in [1.54, 1.807) is 0 Å². The second-order valence-corrected chi connectivity index (χ2v) is 5.92. The van der Waals surface area contributed by atoms with E-state index < -0.39 is 0 Å². The Morgan fingerprint density at radius 2 is 1.88 bits per heavy atom. The molecule has 0 aliphatic rings. The van der Waals surface area contributed by atoms with Crippen molar-refractivity contribution in [1.29, 1.82) is 0 Å². The summed E-state index contributed by atoms with van der Waals surface area (Å²) < 4.78 is 0. The molecule has 6 nitrogen and oxygen atoms in total. The third kappa shape index (κ3) is 5.44. The monoisotopic (exact) mass is 355 g/mol. The first kappa shape index (κ1) is 19.7. The number of carbonyl (C=O) groups excluding carboxylic acids is 1. The fourth-order valence-electron chi connectivity index (χ4n) is 2.83. The van der Waals surface area contributed by atoms with Crippen LogP contribution in [0, 0.1) is 0 Å². The molecular formula is C20H29N5O. The van der Waals surface area contributed by atoms with Crippen LogP contribution in [0.5, 0.6) is 0 Å². The quantitative estimate of drug-likeness (QED) is 0.564. The molecule has 6 heteroatoms. The van der Waals surface area contributed by atoms with Gasteiger partial charge in [-0.25, -0.2) is 4.99 Å². The van der Waals surface area contributed by atoms with Crippen LogP contribution in [0.15, 0.2) is 41.5 Å². The molecule has 2 rings (SSSR count). The van der Waals surface area contributed by atoms with E-state index in [2.05, 4.69) is 32.7 Å². The highest BCUT2D eigenvalue weighted by Crippen LogP contribution is 2.16. The Morgan fingerprint density at radius 1 is 1.12 bits per heavy atom. The van der Waals surface area contributed by atoms with Gasteiger partial charge in [0, 0.05) is 44.2 Å². The average molecular weight is 355 g/mol. The summed E-state index contributed by atoms with van der Waals surface area (Å²) in [7, 11) is 0. The van der Waals surface area contributed by atoms with E-state index in [0.717, 1.165) is 36.1 Å². The van der Waals surface area contributed by atoms with Gasteiger partial charge >= 0.3 is 0 Å². The molecule has 0 saturated heterocycles. The van der Waals surface area contributed by atoms with Crippen LogP contribution >= 0.6 is 0 Å². The zero-order valence-electron chi connectivity index (χ0n) is 16.0. The van der Waals surface area contributed by atoms with E-state index in [0.29, 0.717) is 25.5 Å². The highest BCUT2D eigenvalue weighted by molar-refractivity contribution is 5.85. The van der Waals surface area contributed by atoms with Gasteiger partial charge in [0.25, 0.3) is 0 Å². The van der Waals surface area contributed by atoms with Gasteiger partial charge in [-0.1, -0.05) is 24.3 Å². The molecule has 0 bridgehead atoms. The smallest absolute Gasteiger partial charge is 0.224 e. The zero-order chi connectivity index (χ0) is 18.8. The number of carbonyl (C=O) groups is 1. The normalized spacial score (nSPS) is 11.4. The third-order valence-electron chi connectivity index (χ3n) is 4.23. The van der Waals surface area contributed by atoms with Crippen LogP contribution in [0.3, 0.4) is 0 Å². The Bertz CT molecular complexity index is 735. The average Bonchev–Trinajstić information content (AvgIpc) is 2.67. The maximum atomic E-state index is 12.1. The van der Waals surface area contributed by atoms with E-state index in [9.17, 15) is 4.79 Å². The number of nitrogens with one attached hydrogen (secondary N) is 2. The molecule has 0 radical (unpaired) electrons. The lowest BCUT2D eigenvalue weighted by atomic mass is 10.1.